The quantitative estimate of drug-likeness (QED) is 0.830. The number of amides is 1. The molecular weight excluding hydrogens is 269 g/mol. The summed E-state index contributed by atoms with van der Waals surface area (Å²) < 4.78 is 13.0. The largest absolute Gasteiger partial charge is 0.394 e. The SMILES string of the molecule is O=C(/C=C/c1cccc(F)c1)NC(CO)c1ccccc1. The predicted molar refractivity (Wildman–Crippen MR) is 79.8 cm³/mol. The fourth-order valence-corrected chi connectivity index (χ4v) is 1.92. The molecule has 0 fully saturated rings. The van der Waals surface area contributed by atoms with E-state index in [2.05, 4.69) is 5.32 Å². The molecule has 1 atom stereocenters. The molecule has 108 valence electrons. The Hall–Kier alpha value is -2.46. The van der Waals surface area contributed by atoms with Crippen molar-refractivity contribution in [3.8, 4) is 0 Å². The summed E-state index contributed by atoms with van der Waals surface area (Å²) in [7, 11) is 0. The van der Waals surface area contributed by atoms with E-state index in [1.807, 2.05) is 30.3 Å². The van der Waals surface area contributed by atoms with Crippen LogP contribution in [-0.2, 0) is 4.79 Å². The lowest BCUT2D eigenvalue weighted by Gasteiger charge is -2.15. The van der Waals surface area contributed by atoms with Crippen LogP contribution in [0.15, 0.2) is 60.7 Å². The molecule has 4 heteroatoms. The molecule has 0 aliphatic heterocycles. The van der Waals surface area contributed by atoms with Crippen molar-refractivity contribution in [2.24, 2.45) is 0 Å². The summed E-state index contributed by atoms with van der Waals surface area (Å²) in [6, 6.07) is 14.7. The van der Waals surface area contributed by atoms with Gasteiger partial charge in [-0.3, -0.25) is 4.79 Å². The van der Waals surface area contributed by atoms with Crippen LogP contribution in [0, 0.1) is 5.82 Å². The summed E-state index contributed by atoms with van der Waals surface area (Å²) in [5.74, 6) is -0.697. The van der Waals surface area contributed by atoms with Gasteiger partial charge in [0.2, 0.25) is 5.91 Å². The first kappa shape index (κ1) is 14.9. The van der Waals surface area contributed by atoms with Crippen LogP contribution >= 0.6 is 0 Å². The first-order valence-corrected chi connectivity index (χ1v) is 6.59. The van der Waals surface area contributed by atoms with Crippen molar-refractivity contribution in [1.29, 1.82) is 0 Å². The van der Waals surface area contributed by atoms with Gasteiger partial charge < -0.3 is 10.4 Å². The number of carbonyl (C=O) groups is 1. The van der Waals surface area contributed by atoms with E-state index in [4.69, 9.17) is 0 Å². The molecule has 0 aromatic heterocycles. The third-order valence-corrected chi connectivity index (χ3v) is 2.98. The monoisotopic (exact) mass is 285 g/mol. The highest BCUT2D eigenvalue weighted by molar-refractivity contribution is 5.92. The summed E-state index contributed by atoms with van der Waals surface area (Å²) in [4.78, 5) is 11.8. The Morgan fingerprint density at radius 1 is 1.19 bits per heavy atom. The van der Waals surface area contributed by atoms with Crippen molar-refractivity contribution < 1.29 is 14.3 Å². The second kappa shape index (κ2) is 7.36. The van der Waals surface area contributed by atoms with Gasteiger partial charge >= 0.3 is 0 Å². The summed E-state index contributed by atoms with van der Waals surface area (Å²) in [5.41, 5.74) is 1.43. The highest BCUT2D eigenvalue weighted by Crippen LogP contribution is 2.11. The first-order valence-electron chi connectivity index (χ1n) is 6.59. The Morgan fingerprint density at radius 2 is 1.95 bits per heavy atom. The Labute approximate surface area is 122 Å². The van der Waals surface area contributed by atoms with Gasteiger partial charge in [-0.05, 0) is 29.3 Å². The molecule has 2 aromatic carbocycles. The minimum absolute atomic E-state index is 0.191. The number of benzene rings is 2. The Morgan fingerprint density at radius 3 is 2.62 bits per heavy atom. The van der Waals surface area contributed by atoms with Crippen molar-refractivity contribution in [1.82, 2.24) is 5.32 Å². The summed E-state index contributed by atoms with van der Waals surface area (Å²) in [6.07, 6.45) is 2.85. The number of aliphatic hydroxyl groups is 1. The van der Waals surface area contributed by atoms with Crippen molar-refractivity contribution in [3.05, 3.63) is 77.6 Å². The van der Waals surface area contributed by atoms with Crippen LogP contribution < -0.4 is 5.32 Å². The lowest BCUT2D eigenvalue weighted by molar-refractivity contribution is -0.117. The standard InChI is InChI=1S/C17H16FNO2/c18-15-8-4-5-13(11-15)9-10-17(21)19-16(12-20)14-6-2-1-3-7-14/h1-11,16,20H,12H2,(H,19,21)/b10-9+. The highest BCUT2D eigenvalue weighted by Gasteiger charge is 2.11. The lowest BCUT2D eigenvalue weighted by Crippen LogP contribution is -2.29. The van der Waals surface area contributed by atoms with E-state index in [9.17, 15) is 14.3 Å². The molecule has 0 radical (unpaired) electrons. The second-order valence-electron chi connectivity index (χ2n) is 4.54. The van der Waals surface area contributed by atoms with Crippen LogP contribution in [0.2, 0.25) is 0 Å². The average Bonchev–Trinajstić information content (AvgIpc) is 2.51. The second-order valence-corrected chi connectivity index (χ2v) is 4.54. The van der Waals surface area contributed by atoms with Crippen LogP contribution in [0.4, 0.5) is 4.39 Å². The van der Waals surface area contributed by atoms with Crippen molar-refractivity contribution >= 4 is 12.0 Å². The molecule has 0 saturated carbocycles. The molecular formula is C17H16FNO2. The molecule has 2 N–H and O–H groups in total. The molecule has 21 heavy (non-hydrogen) atoms. The number of nitrogens with one attached hydrogen (secondary N) is 1. The molecule has 0 heterocycles. The van der Waals surface area contributed by atoms with Gasteiger partial charge in [0.05, 0.1) is 12.6 Å². The third kappa shape index (κ3) is 4.54. The van der Waals surface area contributed by atoms with Crippen LogP contribution in [0.25, 0.3) is 6.08 Å². The fraction of sp³-hybridized carbons (Fsp3) is 0.118. The van der Waals surface area contributed by atoms with E-state index in [1.54, 1.807) is 12.1 Å². The van der Waals surface area contributed by atoms with Gasteiger partial charge in [-0.25, -0.2) is 4.39 Å². The molecule has 2 aromatic rings. The molecule has 1 unspecified atom stereocenters. The number of rotatable bonds is 5. The Kier molecular flexibility index (Phi) is 5.23. The summed E-state index contributed by atoms with van der Waals surface area (Å²) in [5, 5.41) is 12.1. The summed E-state index contributed by atoms with van der Waals surface area (Å²) in [6.45, 7) is -0.191. The van der Waals surface area contributed by atoms with Crippen molar-refractivity contribution in [2.45, 2.75) is 6.04 Å². The van der Waals surface area contributed by atoms with Gasteiger partial charge in [0.1, 0.15) is 5.82 Å². The predicted octanol–water partition coefficient (Wildman–Crippen LogP) is 2.69. The van der Waals surface area contributed by atoms with Crippen molar-refractivity contribution in [3.63, 3.8) is 0 Å². The van der Waals surface area contributed by atoms with Crippen LogP contribution in [-0.4, -0.2) is 17.6 Å². The van der Waals surface area contributed by atoms with Crippen LogP contribution in [0.1, 0.15) is 17.2 Å². The van der Waals surface area contributed by atoms with E-state index in [0.29, 0.717) is 5.56 Å². The first-order chi connectivity index (χ1) is 10.2. The van der Waals surface area contributed by atoms with Gasteiger partial charge in [0.15, 0.2) is 0 Å². The molecule has 0 spiro atoms. The van der Waals surface area contributed by atoms with E-state index < -0.39 is 6.04 Å². The molecule has 2 rings (SSSR count). The van der Waals surface area contributed by atoms with Crippen LogP contribution in [0.3, 0.4) is 0 Å². The van der Waals surface area contributed by atoms with Crippen molar-refractivity contribution in [2.75, 3.05) is 6.61 Å². The maximum atomic E-state index is 13.0. The number of aliphatic hydroxyl groups excluding tert-OH is 1. The van der Waals surface area contributed by atoms with Gasteiger partial charge in [-0.15, -0.1) is 0 Å². The number of halogens is 1. The van der Waals surface area contributed by atoms with Crippen LogP contribution in [0.5, 0.6) is 0 Å². The lowest BCUT2D eigenvalue weighted by atomic mass is 10.1. The van der Waals surface area contributed by atoms with Gasteiger partial charge in [0.25, 0.3) is 0 Å². The summed E-state index contributed by atoms with van der Waals surface area (Å²) >= 11 is 0. The van der Waals surface area contributed by atoms with E-state index in [-0.39, 0.29) is 18.3 Å². The minimum atomic E-state index is -0.462. The molecule has 1 amide bonds. The third-order valence-electron chi connectivity index (χ3n) is 2.98. The topological polar surface area (TPSA) is 49.3 Å². The molecule has 0 saturated heterocycles. The minimum Gasteiger partial charge on any atom is -0.394 e. The average molecular weight is 285 g/mol. The number of hydrogen-bond donors (Lipinski definition) is 2. The molecule has 0 aliphatic rings. The normalized spacial score (nSPS) is 12.3. The van der Waals surface area contributed by atoms with E-state index in [0.717, 1.165) is 5.56 Å². The zero-order valence-electron chi connectivity index (χ0n) is 11.4. The molecule has 3 nitrogen and oxygen atoms in total. The highest BCUT2D eigenvalue weighted by atomic mass is 19.1. The number of hydrogen-bond acceptors (Lipinski definition) is 2. The zero-order valence-corrected chi connectivity index (χ0v) is 11.4. The Balaban J connectivity index is 2.00. The molecule has 0 bridgehead atoms. The number of carbonyl (C=O) groups excluding carboxylic acids is 1. The maximum Gasteiger partial charge on any atom is 0.244 e. The van der Waals surface area contributed by atoms with Gasteiger partial charge in [-0.1, -0.05) is 42.5 Å². The maximum absolute atomic E-state index is 13.0. The Bertz CT molecular complexity index is 626. The smallest absolute Gasteiger partial charge is 0.244 e. The fourth-order valence-electron chi connectivity index (χ4n) is 1.92. The van der Waals surface area contributed by atoms with Gasteiger partial charge in [0, 0.05) is 6.08 Å². The van der Waals surface area contributed by atoms with E-state index >= 15 is 0 Å². The zero-order chi connectivity index (χ0) is 15.1. The molecule has 0 aliphatic carbocycles. The van der Waals surface area contributed by atoms with E-state index in [1.165, 1.54) is 24.3 Å². The van der Waals surface area contributed by atoms with Gasteiger partial charge in [-0.2, -0.15) is 0 Å².